The minimum absolute atomic E-state index is 0.152. The summed E-state index contributed by atoms with van der Waals surface area (Å²) in [6.07, 6.45) is 6.09. The number of nitrogens with zero attached hydrogens (tertiary/aromatic N) is 1. The summed E-state index contributed by atoms with van der Waals surface area (Å²) in [6.45, 7) is 2.98. The summed E-state index contributed by atoms with van der Waals surface area (Å²) in [4.78, 5) is 2.63. The molecule has 2 N–H and O–H groups in total. The van der Waals surface area contributed by atoms with Gasteiger partial charge in [0.15, 0.2) is 0 Å². The van der Waals surface area contributed by atoms with E-state index in [0.717, 1.165) is 45.3 Å². The van der Waals surface area contributed by atoms with Gasteiger partial charge in [0.2, 0.25) is 0 Å². The maximum Gasteiger partial charge on any atom is 0.0595 e. The molecule has 1 aromatic rings. The molecule has 0 saturated carbocycles. The molecule has 0 spiro atoms. The van der Waals surface area contributed by atoms with Crippen LogP contribution in [0.5, 0.6) is 0 Å². The molecule has 3 rings (SSSR count). The molecule has 3 nitrogen and oxygen atoms in total. The number of aryl methyl sites for hydroxylation is 1. The molecule has 0 aromatic heterocycles. The molecule has 1 aromatic carbocycles. The van der Waals surface area contributed by atoms with Crippen molar-refractivity contribution >= 4 is 15.9 Å². The monoisotopic (exact) mass is 352 g/mol. The van der Waals surface area contributed by atoms with Crippen molar-refractivity contribution in [2.45, 2.75) is 43.7 Å². The van der Waals surface area contributed by atoms with Gasteiger partial charge in [0.25, 0.3) is 0 Å². The van der Waals surface area contributed by atoms with Crippen LogP contribution in [-0.2, 0) is 17.6 Å². The highest BCUT2D eigenvalue weighted by molar-refractivity contribution is 9.10. The van der Waals surface area contributed by atoms with Gasteiger partial charge in [0, 0.05) is 36.8 Å². The first-order valence-corrected chi connectivity index (χ1v) is 8.71. The number of hydrogen-bond donors (Lipinski definition) is 1. The molecular weight excluding hydrogens is 328 g/mol. The van der Waals surface area contributed by atoms with E-state index >= 15 is 0 Å². The lowest BCUT2D eigenvalue weighted by atomic mass is 9.76. The number of benzene rings is 1. The predicted molar refractivity (Wildman–Crippen MR) is 89.6 cm³/mol. The highest BCUT2D eigenvalue weighted by atomic mass is 79.9. The summed E-state index contributed by atoms with van der Waals surface area (Å²) in [5.74, 6) is 0. The Balaban J connectivity index is 1.78. The van der Waals surface area contributed by atoms with Crippen LogP contribution in [0.3, 0.4) is 0 Å². The lowest BCUT2D eigenvalue weighted by Gasteiger charge is -2.49. The van der Waals surface area contributed by atoms with Crippen LogP contribution in [0.25, 0.3) is 0 Å². The summed E-state index contributed by atoms with van der Waals surface area (Å²) in [7, 11) is 1.83. The van der Waals surface area contributed by atoms with Crippen LogP contribution < -0.4 is 5.73 Å². The third-order valence-corrected chi connectivity index (χ3v) is 5.87. The number of fused-ring (bicyclic) bond motifs is 1. The summed E-state index contributed by atoms with van der Waals surface area (Å²) in [6, 6.07) is 6.69. The standard InChI is InChI=1S/C17H25BrN2O/c1-21-16-5-8-20(9-6-16)17(12-19)7-4-13-10-15(18)3-2-14(13)11-17/h2-3,10,16H,4-9,11-12,19H2,1H3. The van der Waals surface area contributed by atoms with E-state index in [1.807, 2.05) is 7.11 Å². The van der Waals surface area contributed by atoms with Gasteiger partial charge in [-0.15, -0.1) is 0 Å². The molecule has 2 aliphatic rings. The number of rotatable bonds is 3. The highest BCUT2D eigenvalue weighted by Crippen LogP contribution is 2.35. The lowest BCUT2D eigenvalue weighted by Crippen LogP contribution is -2.59. The van der Waals surface area contributed by atoms with Gasteiger partial charge in [-0.05, 0) is 55.4 Å². The molecule has 0 bridgehead atoms. The molecule has 1 heterocycles. The molecule has 4 heteroatoms. The number of likely N-dealkylation sites (tertiary alicyclic amines) is 1. The van der Waals surface area contributed by atoms with E-state index < -0.39 is 0 Å². The topological polar surface area (TPSA) is 38.5 Å². The molecule has 1 aliphatic carbocycles. The molecule has 1 atom stereocenters. The Morgan fingerprint density at radius 1 is 1.33 bits per heavy atom. The number of piperidine rings is 1. The van der Waals surface area contributed by atoms with Crippen molar-refractivity contribution in [2.24, 2.45) is 5.73 Å². The van der Waals surface area contributed by atoms with Crippen molar-refractivity contribution in [3.63, 3.8) is 0 Å². The number of hydrogen-bond acceptors (Lipinski definition) is 3. The molecule has 1 fully saturated rings. The van der Waals surface area contributed by atoms with Crippen LogP contribution in [0.1, 0.15) is 30.4 Å². The second kappa shape index (κ2) is 6.37. The van der Waals surface area contributed by atoms with Gasteiger partial charge in [-0.2, -0.15) is 0 Å². The average molecular weight is 353 g/mol. The summed E-state index contributed by atoms with van der Waals surface area (Å²) in [5.41, 5.74) is 9.36. The van der Waals surface area contributed by atoms with E-state index in [4.69, 9.17) is 10.5 Å². The third kappa shape index (κ3) is 3.04. The molecular formula is C17H25BrN2O. The quantitative estimate of drug-likeness (QED) is 0.908. The van der Waals surface area contributed by atoms with E-state index in [1.165, 1.54) is 22.0 Å². The van der Waals surface area contributed by atoms with E-state index in [2.05, 4.69) is 39.0 Å². The Kier molecular flexibility index (Phi) is 4.69. The van der Waals surface area contributed by atoms with Crippen molar-refractivity contribution < 1.29 is 4.74 Å². The molecule has 1 saturated heterocycles. The first-order valence-electron chi connectivity index (χ1n) is 7.92. The van der Waals surface area contributed by atoms with E-state index in [9.17, 15) is 0 Å². The van der Waals surface area contributed by atoms with Crippen molar-refractivity contribution in [3.05, 3.63) is 33.8 Å². The van der Waals surface area contributed by atoms with Crippen LogP contribution in [0.4, 0.5) is 0 Å². The van der Waals surface area contributed by atoms with Crippen LogP contribution in [-0.4, -0.2) is 43.3 Å². The fourth-order valence-electron chi connectivity index (χ4n) is 3.95. The molecule has 21 heavy (non-hydrogen) atoms. The van der Waals surface area contributed by atoms with Crippen LogP contribution in [0.2, 0.25) is 0 Å². The van der Waals surface area contributed by atoms with E-state index in [-0.39, 0.29) is 5.54 Å². The van der Waals surface area contributed by atoms with Gasteiger partial charge in [0.1, 0.15) is 0 Å². The first-order chi connectivity index (χ1) is 10.2. The number of nitrogens with two attached hydrogens (primary N) is 1. The predicted octanol–water partition coefficient (Wildman–Crippen LogP) is 2.75. The fraction of sp³-hybridized carbons (Fsp3) is 0.647. The normalized spacial score (nSPS) is 27.6. The minimum atomic E-state index is 0.152. The Bertz CT molecular complexity index is 500. The molecule has 116 valence electrons. The molecule has 0 amide bonds. The van der Waals surface area contributed by atoms with E-state index in [0.29, 0.717) is 6.10 Å². The fourth-order valence-corrected chi connectivity index (χ4v) is 4.36. The number of methoxy groups -OCH3 is 1. The average Bonchev–Trinajstić information content (AvgIpc) is 2.54. The van der Waals surface area contributed by atoms with Crippen molar-refractivity contribution in [1.82, 2.24) is 4.90 Å². The number of halogens is 1. The van der Waals surface area contributed by atoms with Crippen LogP contribution in [0, 0.1) is 0 Å². The molecule has 0 radical (unpaired) electrons. The lowest BCUT2D eigenvalue weighted by molar-refractivity contribution is -0.00720. The Morgan fingerprint density at radius 2 is 2.10 bits per heavy atom. The summed E-state index contributed by atoms with van der Waals surface area (Å²) >= 11 is 3.58. The Hall–Kier alpha value is -0.420. The van der Waals surface area contributed by atoms with E-state index in [1.54, 1.807) is 0 Å². The first kappa shape index (κ1) is 15.5. The van der Waals surface area contributed by atoms with Gasteiger partial charge in [-0.1, -0.05) is 22.0 Å². The summed E-state index contributed by atoms with van der Waals surface area (Å²) < 4.78 is 6.68. The zero-order valence-corrected chi connectivity index (χ0v) is 14.4. The smallest absolute Gasteiger partial charge is 0.0595 e. The maximum atomic E-state index is 6.24. The Morgan fingerprint density at radius 3 is 2.76 bits per heavy atom. The SMILES string of the molecule is COC1CCN(C2(CN)CCc3cc(Br)ccc3C2)CC1. The van der Waals surface area contributed by atoms with Crippen molar-refractivity contribution in [3.8, 4) is 0 Å². The van der Waals surface area contributed by atoms with Crippen LogP contribution >= 0.6 is 15.9 Å². The van der Waals surface area contributed by atoms with Gasteiger partial charge in [-0.25, -0.2) is 0 Å². The number of ether oxygens (including phenoxy) is 1. The third-order valence-electron chi connectivity index (χ3n) is 5.37. The Labute approximate surface area is 136 Å². The minimum Gasteiger partial charge on any atom is -0.381 e. The summed E-state index contributed by atoms with van der Waals surface area (Å²) in [5, 5.41) is 0. The zero-order valence-electron chi connectivity index (χ0n) is 12.8. The van der Waals surface area contributed by atoms with Gasteiger partial charge in [0.05, 0.1) is 6.10 Å². The van der Waals surface area contributed by atoms with Crippen LogP contribution in [0.15, 0.2) is 22.7 Å². The van der Waals surface area contributed by atoms with Crippen molar-refractivity contribution in [2.75, 3.05) is 26.7 Å². The second-order valence-electron chi connectivity index (χ2n) is 6.44. The second-order valence-corrected chi connectivity index (χ2v) is 7.36. The van der Waals surface area contributed by atoms with Gasteiger partial charge >= 0.3 is 0 Å². The molecule has 1 aliphatic heterocycles. The van der Waals surface area contributed by atoms with Gasteiger partial charge < -0.3 is 10.5 Å². The van der Waals surface area contributed by atoms with Crippen molar-refractivity contribution in [1.29, 1.82) is 0 Å². The van der Waals surface area contributed by atoms with Gasteiger partial charge in [-0.3, -0.25) is 4.90 Å². The maximum absolute atomic E-state index is 6.24. The highest BCUT2D eigenvalue weighted by Gasteiger charge is 2.40. The largest absolute Gasteiger partial charge is 0.381 e. The molecule has 1 unspecified atom stereocenters. The zero-order chi connectivity index (χ0) is 14.9.